The molecule has 3 heterocycles. The number of nitrogen functional groups attached to an aromatic ring is 1. The lowest BCUT2D eigenvalue weighted by atomic mass is 10.1. The zero-order chi connectivity index (χ0) is 13.6. The third kappa shape index (κ3) is 1.74. The molecule has 1 fully saturated rings. The predicted molar refractivity (Wildman–Crippen MR) is 61.6 cm³/mol. The number of rotatable bonds is 2. The molecule has 0 unspecified atom stereocenters. The first-order valence-corrected chi connectivity index (χ1v) is 5.65. The van der Waals surface area contributed by atoms with E-state index in [9.17, 15) is 9.50 Å². The number of ether oxygens (including phenoxy) is 1. The number of anilines is 1. The van der Waals surface area contributed by atoms with Gasteiger partial charge in [0.2, 0.25) is 0 Å². The summed E-state index contributed by atoms with van der Waals surface area (Å²) in [5.41, 5.74) is 6.32. The van der Waals surface area contributed by atoms with Crippen LogP contribution < -0.4 is 5.73 Å². The van der Waals surface area contributed by atoms with Gasteiger partial charge in [-0.3, -0.25) is 4.57 Å². The zero-order valence-corrected chi connectivity index (χ0v) is 9.72. The van der Waals surface area contributed by atoms with Crippen LogP contribution in [0.5, 0.6) is 0 Å². The number of nitrogens with zero attached hydrogens (tertiary/aromatic N) is 4. The van der Waals surface area contributed by atoms with Crippen LogP contribution in [0.3, 0.4) is 0 Å². The monoisotopic (exact) mass is 269 g/mol. The highest BCUT2D eigenvalue weighted by Crippen LogP contribution is 2.33. The van der Waals surface area contributed by atoms with E-state index in [0.717, 1.165) is 0 Å². The second-order valence-corrected chi connectivity index (χ2v) is 4.27. The first-order chi connectivity index (χ1) is 9.13. The van der Waals surface area contributed by atoms with E-state index in [0.29, 0.717) is 11.2 Å². The van der Waals surface area contributed by atoms with Gasteiger partial charge in [-0.1, -0.05) is 0 Å². The average molecular weight is 269 g/mol. The van der Waals surface area contributed by atoms with Gasteiger partial charge in [0.25, 0.3) is 0 Å². The topological polar surface area (TPSA) is 119 Å². The molecular formula is C10H12FN5O3. The molecule has 4 atom stereocenters. The molecule has 0 bridgehead atoms. The van der Waals surface area contributed by atoms with E-state index in [1.54, 1.807) is 0 Å². The van der Waals surface area contributed by atoms with Crippen molar-refractivity contribution in [2.45, 2.75) is 24.6 Å². The lowest BCUT2D eigenvalue weighted by Gasteiger charge is -2.15. The van der Waals surface area contributed by atoms with Gasteiger partial charge in [-0.25, -0.2) is 19.3 Å². The van der Waals surface area contributed by atoms with Crippen molar-refractivity contribution in [2.24, 2.45) is 0 Å². The second-order valence-electron chi connectivity index (χ2n) is 4.27. The molecular weight excluding hydrogens is 257 g/mol. The molecule has 19 heavy (non-hydrogen) atoms. The summed E-state index contributed by atoms with van der Waals surface area (Å²) in [5, 5.41) is 18.8. The normalized spacial score (nSPS) is 31.1. The zero-order valence-electron chi connectivity index (χ0n) is 9.72. The maximum atomic E-state index is 13.7. The lowest BCUT2D eigenvalue weighted by molar-refractivity contribution is -0.0495. The van der Waals surface area contributed by atoms with Crippen molar-refractivity contribution in [2.75, 3.05) is 12.3 Å². The Morgan fingerprint density at radius 1 is 1.42 bits per heavy atom. The van der Waals surface area contributed by atoms with Crippen molar-refractivity contribution in [3.8, 4) is 0 Å². The van der Waals surface area contributed by atoms with Gasteiger partial charge in [-0.05, 0) is 0 Å². The summed E-state index contributed by atoms with van der Waals surface area (Å²) in [4.78, 5) is 11.8. The fourth-order valence-corrected chi connectivity index (χ4v) is 2.14. The van der Waals surface area contributed by atoms with Crippen molar-refractivity contribution in [3.63, 3.8) is 0 Å². The Labute approximate surface area is 106 Å². The van der Waals surface area contributed by atoms with Crippen molar-refractivity contribution >= 4 is 17.0 Å². The largest absolute Gasteiger partial charge is 0.394 e. The number of aliphatic hydroxyl groups excluding tert-OH is 2. The SMILES string of the molecule is Nc1ncnc2c1ncn2[C@@H]1O[C@H](CO)[C@@H](F)[C@H]1O. The molecule has 0 aromatic carbocycles. The van der Waals surface area contributed by atoms with Crippen LogP contribution >= 0.6 is 0 Å². The molecule has 0 amide bonds. The Kier molecular flexibility index (Phi) is 2.81. The van der Waals surface area contributed by atoms with Crippen LogP contribution in [0.2, 0.25) is 0 Å². The van der Waals surface area contributed by atoms with Gasteiger partial charge < -0.3 is 20.7 Å². The minimum absolute atomic E-state index is 0.187. The molecule has 9 heteroatoms. The van der Waals surface area contributed by atoms with Gasteiger partial charge in [-0.15, -0.1) is 0 Å². The first kappa shape index (κ1) is 12.2. The summed E-state index contributed by atoms with van der Waals surface area (Å²) in [6, 6.07) is 0. The Bertz CT molecular complexity index is 606. The highest BCUT2D eigenvalue weighted by atomic mass is 19.1. The standard InChI is InChI=1S/C10H12FN5O3/c11-5-4(1-17)19-10(7(5)18)16-3-15-6-8(12)13-2-14-9(6)16/h2-5,7,10,17-18H,1H2,(H2,12,13,14)/t4-,5-,7-,10-/m1/s1. The minimum atomic E-state index is -1.67. The Balaban J connectivity index is 2.04. The van der Waals surface area contributed by atoms with Crippen molar-refractivity contribution in [3.05, 3.63) is 12.7 Å². The fourth-order valence-electron chi connectivity index (χ4n) is 2.14. The van der Waals surface area contributed by atoms with E-state index >= 15 is 0 Å². The van der Waals surface area contributed by atoms with E-state index in [1.165, 1.54) is 17.2 Å². The summed E-state index contributed by atoms with van der Waals surface area (Å²) in [6.45, 7) is -0.515. The Morgan fingerprint density at radius 2 is 2.21 bits per heavy atom. The van der Waals surface area contributed by atoms with Gasteiger partial charge in [-0.2, -0.15) is 0 Å². The molecule has 0 aliphatic carbocycles. The third-order valence-electron chi connectivity index (χ3n) is 3.13. The smallest absolute Gasteiger partial charge is 0.167 e. The highest BCUT2D eigenvalue weighted by molar-refractivity contribution is 5.81. The van der Waals surface area contributed by atoms with E-state index < -0.39 is 31.2 Å². The van der Waals surface area contributed by atoms with E-state index in [1.807, 2.05) is 0 Å². The second kappa shape index (κ2) is 4.37. The molecule has 8 nitrogen and oxygen atoms in total. The lowest BCUT2D eigenvalue weighted by Crippen LogP contribution is -2.29. The van der Waals surface area contributed by atoms with Gasteiger partial charge in [0.15, 0.2) is 23.9 Å². The molecule has 0 saturated carbocycles. The van der Waals surface area contributed by atoms with Crippen LogP contribution in [0.25, 0.3) is 11.2 Å². The summed E-state index contributed by atoms with van der Waals surface area (Å²) in [5.74, 6) is 0.187. The first-order valence-electron chi connectivity index (χ1n) is 5.65. The van der Waals surface area contributed by atoms with Crippen molar-refractivity contribution in [1.29, 1.82) is 0 Å². The number of aromatic nitrogens is 4. The summed E-state index contributed by atoms with van der Waals surface area (Å²) < 4.78 is 20.3. The van der Waals surface area contributed by atoms with Crippen molar-refractivity contribution in [1.82, 2.24) is 19.5 Å². The van der Waals surface area contributed by atoms with Gasteiger partial charge in [0.05, 0.1) is 12.9 Å². The number of alkyl halides is 1. The van der Waals surface area contributed by atoms with Crippen LogP contribution in [0.1, 0.15) is 6.23 Å². The van der Waals surface area contributed by atoms with Gasteiger partial charge in [0.1, 0.15) is 24.1 Å². The molecule has 4 N–H and O–H groups in total. The molecule has 102 valence electrons. The van der Waals surface area contributed by atoms with Gasteiger partial charge >= 0.3 is 0 Å². The summed E-state index contributed by atoms with van der Waals surface area (Å²) >= 11 is 0. The predicted octanol–water partition coefficient (Wildman–Crippen LogP) is -1.00. The third-order valence-corrected chi connectivity index (χ3v) is 3.13. The van der Waals surface area contributed by atoms with E-state index in [4.69, 9.17) is 15.6 Å². The van der Waals surface area contributed by atoms with Crippen LogP contribution in [0.15, 0.2) is 12.7 Å². The minimum Gasteiger partial charge on any atom is -0.394 e. The number of hydrogen-bond acceptors (Lipinski definition) is 7. The van der Waals surface area contributed by atoms with Crippen molar-refractivity contribution < 1.29 is 19.3 Å². The number of fused-ring (bicyclic) bond motifs is 1. The maximum absolute atomic E-state index is 13.7. The fraction of sp³-hybridized carbons (Fsp3) is 0.500. The van der Waals surface area contributed by atoms with Crippen LogP contribution in [-0.4, -0.2) is 54.7 Å². The number of aliphatic hydroxyl groups is 2. The molecule has 0 radical (unpaired) electrons. The van der Waals surface area contributed by atoms with Crippen LogP contribution in [0, 0.1) is 0 Å². The van der Waals surface area contributed by atoms with E-state index in [2.05, 4.69) is 15.0 Å². The quantitative estimate of drug-likeness (QED) is 0.639. The summed E-state index contributed by atoms with van der Waals surface area (Å²) in [7, 11) is 0. The number of hydrogen-bond donors (Lipinski definition) is 3. The number of imidazole rings is 1. The average Bonchev–Trinajstić information content (AvgIpc) is 2.94. The maximum Gasteiger partial charge on any atom is 0.167 e. The van der Waals surface area contributed by atoms with E-state index in [-0.39, 0.29) is 5.82 Å². The Morgan fingerprint density at radius 3 is 2.89 bits per heavy atom. The van der Waals surface area contributed by atoms with Gasteiger partial charge in [0, 0.05) is 0 Å². The Hall–Kier alpha value is -1.84. The molecule has 1 saturated heterocycles. The number of nitrogens with two attached hydrogens (primary N) is 1. The molecule has 1 aliphatic heterocycles. The highest BCUT2D eigenvalue weighted by Gasteiger charge is 2.45. The summed E-state index contributed by atoms with van der Waals surface area (Å²) in [6.07, 6.45) is -2.58. The molecule has 2 aromatic rings. The van der Waals surface area contributed by atoms with Crippen LogP contribution in [-0.2, 0) is 4.74 Å². The molecule has 0 spiro atoms. The molecule has 3 rings (SSSR count). The molecule has 2 aromatic heterocycles. The van der Waals surface area contributed by atoms with Crippen LogP contribution in [0.4, 0.5) is 10.2 Å². The number of halogens is 1. The molecule has 1 aliphatic rings.